The fourth-order valence-corrected chi connectivity index (χ4v) is 1.27. The fraction of sp³-hybridized carbons (Fsp3) is 0.625. The van der Waals surface area contributed by atoms with E-state index in [-0.39, 0.29) is 0 Å². The van der Waals surface area contributed by atoms with Crippen molar-refractivity contribution in [1.82, 2.24) is 0 Å². The number of hydrogen-bond acceptors (Lipinski definition) is 0. The van der Waals surface area contributed by atoms with Crippen molar-refractivity contribution in [2.45, 2.75) is 33.5 Å². The molecule has 10 heavy (non-hydrogen) atoms. The summed E-state index contributed by atoms with van der Waals surface area (Å²) in [5, 5.41) is 0. The Bertz CT molecular complexity index is 171. The second-order valence-corrected chi connectivity index (χ2v) is 3.52. The van der Waals surface area contributed by atoms with Gasteiger partial charge in [-0.3, -0.25) is 0 Å². The van der Waals surface area contributed by atoms with Gasteiger partial charge in [-0.1, -0.05) is 0 Å². The van der Waals surface area contributed by atoms with E-state index in [4.69, 9.17) is 0 Å². The molecule has 0 atom stereocenters. The van der Waals surface area contributed by atoms with Crippen molar-refractivity contribution in [3.05, 3.63) is 11.5 Å². The maximum atomic E-state index is 2.36. The van der Waals surface area contributed by atoms with E-state index < -0.39 is 0 Å². The quantitative estimate of drug-likeness (QED) is 0.477. The minimum absolute atomic E-state index is 0.694. The Kier molecular flexibility index (Phi) is 2.18. The molecule has 0 amide bonds. The van der Waals surface area contributed by atoms with Crippen LogP contribution in [-0.2, 0) is 0 Å². The summed E-state index contributed by atoms with van der Waals surface area (Å²) in [6, 6.07) is 0. The normalized spacial score (nSPS) is 17.1. The van der Waals surface area contributed by atoms with Crippen molar-refractivity contribution < 1.29 is 0 Å². The van der Waals surface area contributed by atoms with Crippen LogP contribution in [0.25, 0.3) is 0 Å². The Hall–Kier alpha value is -0.260. The summed E-state index contributed by atoms with van der Waals surface area (Å²) < 4.78 is 0. The molecule has 0 spiro atoms. The molecular weight excluding hydrogens is 118 g/mol. The standard InChI is InChI=1S/C8H14B2/c1-6(2)10-5-7(3)8(4)9-10/h5-6H,1-4H3. The Morgan fingerprint density at radius 3 is 2.20 bits per heavy atom. The molecule has 0 aliphatic carbocycles. The van der Waals surface area contributed by atoms with Gasteiger partial charge in [0.25, 0.3) is 0 Å². The van der Waals surface area contributed by atoms with Crippen LogP contribution >= 0.6 is 0 Å². The van der Waals surface area contributed by atoms with Crippen molar-refractivity contribution in [3.8, 4) is 0 Å². The van der Waals surface area contributed by atoms with Crippen LogP contribution in [-0.4, -0.2) is 18.9 Å². The predicted octanol–water partition coefficient (Wildman–Crippen LogP) is 1.78. The summed E-state index contributed by atoms with van der Waals surface area (Å²) in [7, 11) is 0. The molecule has 1 rings (SSSR count). The molecule has 0 aromatic heterocycles. The van der Waals surface area contributed by atoms with Crippen LogP contribution in [0.4, 0.5) is 0 Å². The van der Waals surface area contributed by atoms with Gasteiger partial charge >= 0.3 is 63.9 Å². The van der Waals surface area contributed by atoms with E-state index in [0.29, 0.717) is 6.60 Å². The average Bonchev–Trinajstić information content (AvgIpc) is 2.13. The van der Waals surface area contributed by atoms with Crippen molar-refractivity contribution >= 4 is 18.9 Å². The molecule has 0 aromatic carbocycles. The second kappa shape index (κ2) is 2.77. The van der Waals surface area contributed by atoms with Crippen molar-refractivity contribution in [1.29, 1.82) is 0 Å². The van der Waals surface area contributed by atoms with E-state index in [1.807, 2.05) is 0 Å². The molecule has 0 fully saturated rings. The third-order valence-electron chi connectivity index (χ3n) is 2.28. The molecule has 0 saturated carbocycles. The summed E-state index contributed by atoms with van der Waals surface area (Å²) in [6.07, 6.45) is 0. The first kappa shape index (κ1) is 7.84. The zero-order valence-electron chi connectivity index (χ0n) is 7.31. The van der Waals surface area contributed by atoms with Crippen molar-refractivity contribution in [2.75, 3.05) is 0 Å². The topological polar surface area (TPSA) is 0 Å². The van der Waals surface area contributed by atoms with Crippen LogP contribution in [0.5, 0.6) is 0 Å². The number of allylic oxidation sites excluding steroid dienone is 1. The van der Waals surface area contributed by atoms with Gasteiger partial charge in [0.05, 0.1) is 0 Å². The molecule has 0 unspecified atom stereocenters. The number of rotatable bonds is 1. The Labute approximate surface area is 64.7 Å². The number of hydrogen-bond donors (Lipinski definition) is 0. The van der Waals surface area contributed by atoms with E-state index in [0.717, 1.165) is 5.82 Å². The molecule has 0 N–H and O–H groups in total. The second-order valence-electron chi connectivity index (χ2n) is 3.52. The first-order valence-corrected chi connectivity index (χ1v) is 3.98. The zero-order chi connectivity index (χ0) is 7.72. The van der Waals surface area contributed by atoms with Gasteiger partial charge in [0, 0.05) is 0 Å². The van der Waals surface area contributed by atoms with Crippen LogP contribution in [0.2, 0.25) is 5.82 Å². The zero-order valence-corrected chi connectivity index (χ0v) is 7.31. The SMILES string of the molecule is CC1=BB(C(C)C)C=C1C. The summed E-state index contributed by atoms with van der Waals surface area (Å²) >= 11 is 0. The summed E-state index contributed by atoms with van der Waals surface area (Å²) in [4.78, 5) is 0. The van der Waals surface area contributed by atoms with Crippen LogP contribution in [0.15, 0.2) is 11.5 Å². The summed E-state index contributed by atoms with van der Waals surface area (Å²) in [5.41, 5.74) is 2.91. The van der Waals surface area contributed by atoms with Gasteiger partial charge in [-0.05, 0) is 0 Å². The van der Waals surface area contributed by atoms with Gasteiger partial charge in [0.15, 0.2) is 0 Å². The molecule has 1 aliphatic rings. The molecule has 52 valence electrons. The van der Waals surface area contributed by atoms with E-state index in [9.17, 15) is 0 Å². The molecule has 0 saturated heterocycles. The molecule has 0 nitrogen and oxygen atoms in total. The summed E-state index contributed by atoms with van der Waals surface area (Å²) in [5.74, 6) is 3.12. The summed E-state index contributed by atoms with van der Waals surface area (Å²) in [6.45, 7) is 12.0. The van der Waals surface area contributed by atoms with Crippen LogP contribution in [0.3, 0.4) is 0 Å². The van der Waals surface area contributed by atoms with E-state index >= 15 is 0 Å². The maximum absolute atomic E-state index is 2.36. The van der Waals surface area contributed by atoms with E-state index in [1.54, 1.807) is 0 Å². The third-order valence-corrected chi connectivity index (χ3v) is 2.28. The molecule has 1 heterocycles. The van der Waals surface area contributed by atoms with Crippen molar-refractivity contribution in [3.63, 3.8) is 0 Å². The Morgan fingerprint density at radius 1 is 1.40 bits per heavy atom. The van der Waals surface area contributed by atoms with Gasteiger partial charge in [0.2, 0.25) is 0 Å². The van der Waals surface area contributed by atoms with Crippen LogP contribution < -0.4 is 0 Å². The first-order chi connectivity index (χ1) is 4.61. The van der Waals surface area contributed by atoms with Gasteiger partial charge in [0.1, 0.15) is 0 Å². The van der Waals surface area contributed by atoms with Gasteiger partial charge < -0.3 is 0 Å². The predicted molar refractivity (Wildman–Crippen MR) is 51.0 cm³/mol. The third kappa shape index (κ3) is 1.42. The monoisotopic (exact) mass is 132 g/mol. The first-order valence-electron chi connectivity index (χ1n) is 3.98. The molecule has 2 heteroatoms. The van der Waals surface area contributed by atoms with Crippen LogP contribution in [0.1, 0.15) is 27.7 Å². The van der Waals surface area contributed by atoms with E-state index in [1.165, 1.54) is 11.0 Å². The van der Waals surface area contributed by atoms with Gasteiger partial charge in [-0.25, -0.2) is 0 Å². The Morgan fingerprint density at radius 2 is 2.00 bits per heavy atom. The van der Waals surface area contributed by atoms with E-state index in [2.05, 4.69) is 40.5 Å². The van der Waals surface area contributed by atoms with Crippen molar-refractivity contribution in [2.24, 2.45) is 0 Å². The molecule has 0 radical (unpaired) electrons. The average molecular weight is 132 g/mol. The molecule has 0 aromatic rings. The molecule has 1 aliphatic heterocycles. The molecule has 0 bridgehead atoms. The van der Waals surface area contributed by atoms with Crippen LogP contribution in [0, 0.1) is 0 Å². The minimum atomic E-state index is 0.694. The van der Waals surface area contributed by atoms with Gasteiger partial charge in [-0.15, -0.1) is 0 Å². The Balaban J connectivity index is 2.73. The molecular formula is C8H14B2. The van der Waals surface area contributed by atoms with Gasteiger partial charge in [-0.2, -0.15) is 0 Å². The fourth-order valence-electron chi connectivity index (χ4n) is 1.27.